The van der Waals surface area contributed by atoms with Crippen molar-refractivity contribution in [3.8, 4) is 6.07 Å². The van der Waals surface area contributed by atoms with Gasteiger partial charge in [-0.2, -0.15) is 10.4 Å². The molecule has 1 amide bonds. The lowest BCUT2D eigenvalue weighted by Gasteiger charge is -2.25. The van der Waals surface area contributed by atoms with Crippen molar-refractivity contribution in [3.63, 3.8) is 0 Å². The number of hydrogen-bond donors (Lipinski definition) is 2. The van der Waals surface area contributed by atoms with Crippen LogP contribution < -0.4 is 10.9 Å². The Morgan fingerprint density at radius 1 is 1.41 bits per heavy atom. The lowest BCUT2D eigenvalue weighted by atomic mass is 10.1. The first-order chi connectivity index (χ1) is 10.2. The van der Waals surface area contributed by atoms with Gasteiger partial charge in [-0.15, -0.1) is 0 Å². The quantitative estimate of drug-likeness (QED) is 0.774. The summed E-state index contributed by atoms with van der Waals surface area (Å²) in [5, 5.41) is 13.2. The highest BCUT2D eigenvalue weighted by Gasteiger charge is 2.50. The molecular formula is C13H19N5O3S. The summed E-state index contributed by atoms with van der Waals surface area (Å²) in [5.41, 5.74) is 5.91. The van der Waals surface area contributed by atoms with E-state index in [1.54, 1.807) is 14.0 Å². The maximum Gasteiger partial charge on any atom is 0.259 e. The molecule has 0 atom stereocenters. The number of aryl methyl sites for hydroxylation is 2. The van der Waals surface area contributed by atoms with Crippen molar-refractivity contribution in [1.82, 2.24) is 15.2 Å². The van der Waals surface area contributed by atoms with E-state index in [2.05, 4.69) is 16.0 Å². The second-order valence-corrected chi connectivity index (χ2v) is 7.92. The maximum absolute atomic E-state index is 12.4. The number of nitrogens with zero attached hydrogens (tertiary/aromatic N) is 3. The Kier molecular flexibility index (Phi) is 4.15. The van der Waals surface area contributed by atoms with Gasteiger partial charge >= 0.3 is 0 Å². The Hall–Kier alpha value is -2.08. The summed E-state index contributed by atoms with van der Waals surface area (Å²) in [5.74, 6) is -0.259. The monoisotopic (exact) mass is 325 g/mol. The number of nitrogens with one attached hydrogen (secondary N) is 2. The molecule has 0 unspecified atom stereocenters. The Morgan fingerprint density at radius 2 is 2.00 bits per heavy atom. The minimum absolute atomic E-state index is 0.308. The lowest BCUT2D eigenvalue weighted by molar-refractivity contribution is -0.123. The third-order valence-corrected chi connectivity index (χ3v) is 6.18. The Bertz CT molecular complexity index is 738. The van der Waals surface area contributed by atoms with Crippen molar-refractivity contribution in [2.24, 2.45) is 7.05 Å². The van der Waals surface area contributed by atoms with Gasteiger partial charge in [0.05, 0.1) is 5.69 Å². The summed E-state index contributed by atoms with van der Waals surface area (Å²) in [4.78, 5) is 12.4. The van der Waals surface area contributed by atoms with Gasteiger partial charge in [-0.3, -0.25) is 20.3 Å². The smallest absolute Gasteiger partial charge is 0.259 e. The third kappa shape index (κ3) is 2.54. The van der Waals surface area contributed by atoms with E-state index in [0.717, 1.165) is 6.26 Å². The zero-order valence-corrected chi connectivity index (χ0v) is 13.6. The van der Waals surface area contributed by atoms with Crippen LogP contribution in [0.5, 0.6) is 0 Å². The molecule has 120 valence electrons. The maximum atomic E-state index is 12.4. The fraction of sp³-hybridized carbons (Fsp3) is 0.615. The first kappa shape index (κ1) is 16.3. The highest BCUT2D eigenvalue weighted by Crippen LogP contribution is 2.36. The van der Waals surface area contributed by atoms with Crippen LogP contribution in [0.1, 0.15) is 36.9 Å². The number of hydrogen-bond acceptors (Lipinski definition) is 6. The number of carbonyl (C=O) groups excluding carboxylic acids is 1. The van der Waals surface area contributed by atoms with Gasteiger partial charge < -0.3 is 0 Å². The molecule has 2 rings (SSSR count). The minimum atomic E-state index is -3.53. The van der Waals surface area contributed by atoms with Crippen molar-refractivity contribution >= 4 is 21.6 Å². The molecule has 1 saturated carbocycles. The van der Waals surface area contributed by atoms with Crippen LogP contribution in [0, 0.1) is 18.3 Å². The SMILES string of the molecule is Cc1nn(C)c(NNC(=O)C2(S(C)(=O)=O)CCCC2)c1C#N. The van der Waals surface area contributed by atoms with E-state index in [9.17, 15) is 13.2 Å². The topological polar surface area (TPSA) is 117 Å². The van der Waals surface area contributed by atoms with E-state index in [1.807, 2.05) is 6.07 Å². The summed E-state index contributed by atoms with van der Waals surface area (Å²) < 4.78 is 24.1. The van der Waals surface area contributed by atoms with Crippen LogP contribution in [0.25, 0.3) is 0 Å². The number of aromatic nitrogens is 2. The van der Waals surface area contributed by atoms with Crippen LogP contribution in [-0.4, -0.2) is 35.1 Å². The van der Waals surface area contributed by atoms with Crippen molar-refractivity contribution in [1.29, 1.82) is 5.26 Å². The molecule has 0 bridgehead atoms. The van der Waals surface area contributed by atoms with Gasteiger partial charge in [0.2, 0.25) is 0 Å². The van der Waals surface area contributed by atoms with E-state index in [0.29, 0.717) is 42.8 Å². The van der Waals surface area contributed by atoms with Gasteiger partial charge in [-0.25, -0.2) is 8.42 Å². The minimum Gasteiger partial charge on any atom is -0.281 e. The number of carbonyl (C=O) groups is 1. The summed E-state index contributed by atoms with van der Waals surface area (Å²) >= 11 is 0. The highest BCUT2D eigenvalue weighted by molar-refractivity contribution is 7.92. The molecule has 1 heterocycles. The van der Waals surface area contributed by atoms with Crippen LogP contribution in [0.4, 0.5) is 5.82 Å². The number of amides is 1. The summed E-state index contributed by atoms with van der Waals surface area (Å²) in [6, 6.07) is 2.00. The van der Waals surface area contributed by atoms with E-state index < -0.39 is 20.5 Å². The Labute approximate surface area is 129 Å². The number of anilines is 1. The van der Waals surface area contributed by atoms with E-state index in [-0.39, 0.29) is 0 Å². The average Bonchev–Trinajstić information content (AvgIpc) is 3.01. The second kappa shape index (κ2) is 5.61. The standard InChI is InChI=1S/C13H19N5O3S/c1-9-10(8-14)11(18(2)17-9)15-16-12(19)13(22(3,20)21)6-4-5-7-13/h15H,4-7H2,1-3H3,(H,16,19). The fourth-order valence-corrected chi connectivity index (χ4v) is 4.30. The highest BCUT2D eigenvalue weighted by atomic mass is 32.2. The van der Waals surface area contributed by atoms with Crippen LogP contribution in [0.2, 0.25) is 0 Å². The predicted octanol–water partition coefficient (Wildman–Crippen LogP) is 0.401. The molecule has 0 radical (unpaired) electrons. The van der Waals surface area contributed by atoms with E-state index >= 15 is 0 Å². The normalized spacial score (nSPS) is 17.0. The summed E-state index contributed by atoms with van der Waals surface area (Å²) in [7, 11) is -1.90. The first-order valence-corrected chi connectivity index (χ1v) is 8.82. The number of hydrazine groups is 1. The molecule has 1 aromatic heterocycles. The van der Waals surface area contributed by atoms with Gasteiger partial charge in [-0.1, -0.05) is 12.8 Å². The molecule has 0 aliphatic heterocycles. The fourth-order valence-electron chi connectivity index (χ4n) is 2.88. The molecule has 0 aromatic carbocycles. The molecule has 1 aliphatic carbocycles. The van der Waals surface area contributed by atoms with E-state index in [1.165, 1.54) is 4.68 Å². The molecule has 2 N–H and O–H groups in total. The average molecular weight is 325 g/mol. The zero-order chi connectivity index (χ0) is 16.5. The van der Waals surface area contributed by atoms with Gasteiger partial charge in [0.15, 0.2) is 20.4 Å². The molecule has 22 heavy (non-hydrogen) atoms. The second-order valence-electron chi connectivity index (χ2n) is 5.60. The lowest BCUT2D eigenvalue weighted by Crippen LogP contribution is -2.52. The molecule has 9 heteroatoms. The predicted molar refractivity (Wildman–Crippen MR) is 80.5 cm³/mol. The van der Waals surface area contributed by atoms with Crippen molar-refractivity contribution < 1.29 is 13.2 Å². The third-order valence-electron chi connectivity index (χ3n) is 4.16. The van der Waals surface area contributed by atoms with Crippen LogP contribution in [0.3, 0.4) is 0 Å². The molecule has 1 aromatic rings. The number of rotatable bonds is 4. The van der Waals surface area contributed by atoms with Gasteiger partial charge in [0.1, 0.15) is 11.6 Å². The van der Waals surface area contributed by atoms with Gasteiger partial charge in [0, 0.05) is 13.3 Å². The van der Waals surface area contributed by atoms with E-state index in [4.69, 9.17) is 5.26 Å². The molecule has 1 fully saturated rings. The summed E-state index contributed by atoms with van der Waals surface area (Å²) in [6.45, 7) is 1.68. The zero-order valence-electron chi connectivity index (χ0n) is 12.8. The van der Waals surface area contributed by atoms with Crippen LogP contribution in [0.15, 0.2) is 0 Å². The van der Waals surface area contributed by atoms with Gasteiger partial charge in [0.25, 0.3) is 5.91 Å². The molecule has 1 aliphatic rings. The van der Waals surface area contributed by atoms with Crippen LogP contribution >= 0.6 is 0 Å². The van der Waals surface area contributed by atoms with Gasteiger partial charge in [-0.05, 0) is 19.8 Å². The van der Waals surface area contributed by atoms with Crippen molar-refractivity contribution in [3.05, 3.63) is 11.3 Å². The Balaban J connectivity index is 2.22. The molecular weight excluding hydrogens is 306 g/mol. The van der Waals surface area contributed by atoms with Crippen molar-refractivity contribution in [2.45, 2.75) is 37.4 Å². The molecule has 8 nitrogen and oxygen atoms in total. The van der Waals surface area contributed by atoms with Crippen molar-refractivity contribution in [2.75, 3.05) is 11.7 Å². The largest absolute Gasteiger partial charge is 0.281 e. The molecule has 0 spiro atoms. The summed E-state index contributed by atoms with van der Waals surface area (Å²) in [6.07, 6.45) is 3.13. The first-order valence-electron chi connectivity index (χ1n) is 6.92. The Morgan fingerprint density at radius 3 is 2.50 bits per heavy atom. The number of nitriles is 1. The number of sulfone groups is 1. The van der Waals surface area contributed by atoms with Crippen LogP contribution in [-0.2, 0) is 21.7 Å². The molecule has 0 saturated heterocycles.